The molecule has 0 aromatic heterocycles. The third-order valence-corrected chi connectivity index (χ3v) is 3.74. The van der Waals surface area contributed by atoms with Crippen LogP contribution in [-0.2, 0) is 0 Å². The molecule has 0 atom stereocenters. The van der Waals surface area contributed by atoms with Gasteiger partial charge in [-0.1, -0.05) is 41.9 Å². The first-order valence-electron chi connectivity index (χ1n) is 7.65. The summed E-state index contributed by atoms with van der Waals surface area (Å²) in [4.78, 5) is 24.5. The van der Waals surface area contributed by atoms with E-state index in [1.54, 1.807) is 72.8 Å². The van der Waals surface area contributed by atoms with E-state index >= 15 is 0 Å². The van der Waals surface area contributed by atoms with Gasteiger partial charge in [0.05, 0.1) is 0 Å². The number of anilines is 2. The Morgan fingerprint density at radius 3 is 1.84 bits per heavy atom. The van der Waals surface area contributed by atoms with Crippen LogP contribution in [0.4, 0.5) is 11.4 Å². The molecule has 0 saturated heterocycles. The maximum Gasteiger partial charge on any atom is 0.255 e. The third kappa shape index (κ3) is 4.46. The van der Waals surface area contributed by atoms with Crippen LogP contribution in [-0.4, -0.2) is 11.8 Å². The van der Waals surface area contributed by atoms with Crippen LogP contribution in [0.1, 0.15) is 20.7 Å². The van der Waals surface area contributed by atoms with Gasteiger partial charge in [0, 0.05) is 27.5 Å². The van der Waals surface area contributed by atoms with E-state index < -0.39 is 0 Å². The molecular weight excluding hydrogens is 336 g/mol. The molecule has 0 unspecified atom stereocenters. The monoisotopic (exact) mass is 350 g/mol. The minimum Gasteiger partial charge on any atom is -0.322 e. The predicted octanol–water partition coefficient (Wildman–Crippen LogP) is 4.84. The van der Waals surface area contributed by atoms with Crippen molar-refractivity contribution >= 4 is 34.8 Å². The van der Waals surface area contributed by atoms with E-state index in [9.17, 15) is 9.59 Å². The molecule has 25 heavy (non-hydrogen) atoms. The smallest absolute Gasteiger partial charge is 0.255 e. The molecular formula is C20H15ClN2O2. The molecule has 5 heteroatoms. The molecule has 3 aromatic carbocycles. The lowest BCUT2D eigenvalue weighted by Crippen LogP contribution is -2.14. The first kappa shape index (κ1) is 16.7. The van der Waals surface area contributed by atoms with Crippen molar-refractivity contribution in [2.24, 2.45) is 0 Å². The van der Waals surface area contributed by atoms with Crippen molar-refractivity contribution < 1.29 is 9.59 Å². The summed E-state index contributed by atoms with van der Waals surface area (Å²) in [5.74, 6) is -0.479. The maximum absolute atomic E-state index is 12.3. The van der Waals surface area contributed by atoms with Gasteiger partial charge in [-0.15, -0.1) is 0 Å². The Morgan fingerprint density at radius 2 is 1.20 bits per heavy atom. The topological polar surface area (TPSA) is 58.2 Å². The van der Waals surface area contributed by atoms with Crippen LogP contribution in [0.15, 0.2) is 78.9 Å². The van der Waals surface area contributed by atoms with Crippen molar-refractivity contribution in [3.8, 4) is 0 Å². The highest BCUT2D eigenvalue weighted by atomic mass is 35.5. The standard InChI is InChI=1S/C20H15ClN2O2/c21-16-9-4-8-15(12-16)20(25)23-18-11-5-10-17(13-18)22-19(24)14-6-2-1-3-7-14/h1-13H,(H,22,24)(H,23,25). The number of nitrogens with one attached hydrogen (secondary N) is 2. The van der Waals surface area contributed by atoms with Crippen LogP contribution in [0.5, 0.6) is 0 Å². The van der Waals surface area contributed by atoms with Gasteiger partial charge >= 0.3 is 0 Å². The molecule has 0 heterocycles. The van der Waals surface area contributed by atoms with Gasteiger partial charge in [-0.3, -0.25) is 9.59 Å². The Bertz CT molecular complexity index is 910. The van der Waals surface area contributed by atoms with Gasteiger partial charge in [0.15, 0.2) is 0 Å². The van der Waals surface area contributed by atoms with Crippen molar-refractivity contribution in [3.63, 3.8) is 0 Å². The number of carbonyl (C=O) groups is 2. The lowest BCUT2D eigenvalue weighted by molar-refractivity contribution is 0.101. The fourth-order valence-electron chi connectivity index (χ4n) is 2.30. The lowest BCUT2D eigenvalue weighted by atomic mass is 10.2. The second kappa shape index (κ2) is 7.64. The summed E-state index contributed by atoms with van der Waals surface area (Å²) >= 11 is 5.91. The second-order valence-corrected chi connectivity index (χ2v) is 5.80. The molecule has 2 N–H and O–H groups in total. The van der Waals surface area contributed by atoms with E-state index in [1.165, 1.54) is 0 Å². The van der Waals surface area contributed by atoms with Gasteiger partial charge in [0.1, 0.15) is 0 Å². The van der Waals surface area contributed by atoms with Gasteiger partial charge in [-0.05, 0) is 48.5 Å². The van der Waals surface area contributed by atoms with E-state index in [0.717, 1.165) is 0 Å². The average Bonchev–Trinajstić information content (AvgIpc) is 2.63. The fourth-order valence-corrected chi connectivity index (χ4v) is 2.49. The zero-order valence-corrected chi connectivity index (χ0v) is 14.0. The van der Waals surface area contributed by atoms with Crippen LogP contribution in [0.25, 0.3) is 0 Å². The summed E-state index contributed by atoms with van der Waals surface area (Å²) < 4.78 is 0. The van der Waals surface area contributed by atoms with Crippen molar-refractivity contribution in [2.45, 2.75) is 0 Å². The van der Waals surface area contributed by atoms with Gasteiger partial charge < -0.3 is 10.6 Å². The largest absolute Gasteiger partial charge is 0.322 e. The summed E-state index contributed by atoms with van der Waals surface area (Å²) in [6.07, 6.45) is 0. The molecule has 0 aliphatic carbocycles. The summed E-state index contributed by atoms with van der Waals surface area (Å²) in [7, 11) is 0. The minimum absolute atomic E-state index is 0.209. The molecule has 0 radical (unpaired) electrons. The zero-order chi connectivity index (χ0) is 17.6. The summed E-state index contributed by atoms with van der Waals surface area (Å²) in [6, 6.07) is 22.6. The first-order valence-corrected chi connectivity index (χ1v) is 8.03. The van der Waals surface area contributed by atoms with Crippen molar-refractivity contribution in [2.75, 3.05) is 10.6 Å². The number of benzene rings is 3. The van der Waals surface area contributed by atoms with Gasteiger partial charge in [-0.25, -0.2) is 0 Å². The molecule has 124 valence electrons. The molecule has 0 aliphatic rings. The van der Waals surface area contributed by atoms with E-state index in [0.29, 0.717) is 27.5 Å². The predicted molar refractivity (Wildman–Crippen MR) is 100 cm³/mol. The number of amides is 2. The molecule has 0 bridgehead atoms. The highest BCUT2D eigenvalue weighted by Crippen LogP contribution is 2.18. The highest BCUT2D eigenvalue weighted by molar-refractivity contribution is 6.31. The molecule has 0 saturated carbocycles. The summed E-state index contributed by atoms with van der Waals surface area (Å²) in [5.41, 5.74) is 2.20. The molecule has 3 rings (SSSR count). The summed E-state index contributed by atoms with van der Waals surface area (Å²) in [5, 5.41) is 6.10. The lowest BCUT2D eigenvalue weighted by Gasteiger charge is -2.09. The molecule has 3 aromatic rings. The zero-order valence-electron chi connectivity index (χ0n) is 13.2. The highest BCUT2D eigenvalue weighted by Gasteiger charge is 2.08. The van der Waals surface area contributed by atoms with Crippen LogP contribution in [0, 0.1) is 0 Å². The Kier molecular flexibility index (Phi) is 5.11. The van der Waals surface area contributed by atoms with Crippen LogP contribution < -0.4 is 10.6 Å². The number of halogens is 1. The normalized spacial score (nSPS) is 10.1. The van der Waals surface area contributed by atoms with Gasteiger partial charge in [0.25, 0.3) is 11.8 Å². The fraction of sp³-hybridized carbons (Fsp3) is 0. The molecule has 0 fully saturated rings. The van der Waals surface area contributed by atoms with E-state index in [4.69, 9.17) is 11.6 Å². The van der Waals surface area contributed by atoms with Crippen LogP contribution in [0.2, 0.25) is 5.02 Å². The first-order chi connectivity index (χ1) is 12.1. The van der Waals surface area contributed by atoms with Gasteiger partial charge in [-0.2, -0.15) is 0 Å². The van der Waals surface area contributed by atoms with Crippen molar-refractivity contribution in [3.05, 3.63) is 95.0 Å². The maximum atomic E-state index is 12.3. The number of hydrogen-bond acceptors (Lipinski definition) is 2. The Labute approximate surface area is 150 Å². The number of hydrogen-bond donors (Lipinski definition) is 2. The molecule has 4 nitrogen and oxygen atoms in total. The van der Waals surface area contributed by atoms with E-state index in [2.05, 4.69) is 10.6 Å². The molecule has 0 aliphatic heterocycles. The summed E-state index contributed by atoms with van der Waals surface area (Å²) in [6.45, 7) is 0. The molecule has 2 amide bonds. The molecule has 0 spiro atoms. The van der Waals surface area contributed by atoms with E-state index in [1.807, 2.05) is 6.07 Å². The Hall–Kier alpha value is -3.11. The van der Waals surface area contributed by atoms with Crippen LogP contribution >= 0.6 is 11.6 Å². The number of rotatable bonds is 4. The third-order valence-electron chi connectivity index (χ3n) is 3.50. The number of carbonyl (C=O) groups excluding carboxylic acids is 2. The van der Waals surface area contributed by atoms with Crippen molar-refractivity contribution in [1.82, 2.24) is 0 Å². The second-order valence-electron chi connectivity index (χ2n) is 5.37. The van der Waals surface area contributed by atoms with Gasteiger partial charge in [0.2, 0.25) is 0 Å². The van der Waals surface area contributed by atoms with Crippen LogP contribution in [0.3, 0.4) is 0 Å². The average molecular weight is 351 g/mol. The Balaban J connectivity index is 1.71. The van der Waals surface area contributed by atoms with E-state index in [-0.39, 0.29) is 11.8 Å². The quantitative estimate of drug-likeness (QED) is 0.707. The van der Waals surface area contributed by atoms with Crippen molar-refractivity contribution in [1.29, 1.82) is 0 Å². The Morgan fingerprint density at radius 1 is 0.640 bits per heavy atom. The minimum atomic E-state index is -0.269. The SMILES string of the molecule is O=C(Nc1cccc(NC(=O)c2cccc(Cl)c2)c1)c1ccccc1.